The van der Waals surface area contributed by atoms with Crippen molar-refractivity contribution in [1.82, 2.24) is 35.1 Å². The minimum absolute atomic E-state index is 0.0212. The maximum Gasteiger partial charge on any atom is 0.314 e. The summed E-state index contributed by atoms with van der Waals surface area (Å²) < 4.78 is 31.7. The Hall–Kier alpha value is -2.75. The SMILES string of the molecule is CCN1CC(c2cn(Cc3ccc(-c4nnc(C(F)F)o4)cn3)nn2)C1. The standard InChI is InChI=1S/C16H17F2N7O/c1-2-24-6-11(7-24)13-9-25(23-20-13)8-12-4-3-10(5-19-12)15-21-22-16(26-15)14(17)18/h3-5,9,11,14H,2,6-8H2,1H3. The Balaban J connectivity index is 1.40. The first kappa shape index (κ1) is 16.7. The van der Waals surface area contributed by atoms with Crippen LogP contribution >= 0.6 is 0 Å². The van der Waals surface area contributed by atoms with Crippen LogP contribution in [0, 0.1) is 0 Å². The molecule has 0 aromatic carbocycles. The third kappa shape index (κ3) is 3.32. The van der Waals surface area contributed by atoms with Gasteiger partial charge in [0.1, 0.15) is 0 Å². The molecule has 0 N–H and O–H groups in total. The molecule has 3 aromatic rings. The van der Waals surface area contributed by atoms with Crippen molar-refractivity contribution in [3.8, 4) is 11.5 Å². The highest BCUT2D eigenvalue weighted by Gasteiger charge is 2.28. The lowest BCUT2D eigenvalue weighted by Gasteiger charge is -2.37. The van der Waals surface area contributed by atoms with E-state index < -0.39 is 12.3 Å². The van der Waals surface area contributed by atoms with Crippen LogP contribution in [0.3, 0.4) is 0 Å². The van der Waals surface area contributed by atoms with E-state index in [1.54, 1.807) is 16.8 Å². The molecule has 4 rings (SSSR count). The van der Waals surface area contributed by atoms with E-state index in [1.165, 1.54) is 6.20 Å². The molecule has 3 aromatic heterocycles. The lowest BCUT2D eigenvalue weighted by Crippen LogP contribution is -2.44. The van der Waals surface area contributed by atoms with Crippen molar-refractivity contribution in [2.75, 3.05) is 19.6 Å². The number of alkyl halides is 2. The number of pyridine rings is 1. The Morgan fingerprint density at radius 3 is 2.73 bits per heavy atom. The van der Waals surface area contributed by atoms with Crippen molar-refractivity contribution in [2.24, 2.45) is 0 Å². The number of nitrogens with zero attached hydrogens (tertiary/aromatic N) is 7. The summed E-state index contributed by atoms with van der Waals surface area (Å²) in [5.41, 5.74) is 2.25. The zero-order valence-electron chi connectivity index (χ0n) is 14.1. The maximum absolute atomic E-state index is 12.5. The van der Waals surface area contributed by atoms with Crippen LogP contribution in [0.15, 0.2) is 28.9 Å². The van der Waals surface area contributed by atoms with E-state index in [0.29, 0.717) is 18.0 Å². The number of hydrogen-bond donors (Lipinski definition) is 0. The molecular weight excluding hydrogens is 344 g/mol. The Morgan fingerprint density at radius 1 is 1.23 bits per heavy atom. The number of likely N-dealkylation sites (N-methyl/N-ethyl adjacent to an activating group) is 1. The Morgan fingerprint density at radius 2 is 2.08 bits per heavy atom. The fourth-order valence-corrected chi connectivity index (χ4v) is 2.84. The van der Waals surface area contributed by atoms with Crippen molar-refractivity contribution in [1.29, 1.82) is 0 Å². The molecule has 0 unspecified atom stereocenters. The van der Waals surface area contributed by atoms with Crippen LogP contribution < -0.4 is 0 Å². The van der Waals surface area contributed by atoms with Gasteiger partial charge in [-0.2, -0.15) is 8.78 Å². The van der Waals surface area contributed by atoms with E-state index >= 15 is 0 Å². The van der Waals surface area contributed by atoms with Crippen molar-refractivity contribution >= 4 is 0 Å². The smallest absolute Gasteiger partial charge is 0.314 e. The number of likely N-dealkylation sites (tertiary alicyclic amines) is 1. The lowest BCUT2D eigenvalue weighted by atomic mass is 9.97. The molecule has 26 heavy (non-hydrogen) atoms. The lowest BCUT2D eigenvalue weighted by molar-refractivity contribution is 0.116. The van der Waals surface area contributed by atoms with Crippen molar-refractivity contribution in [3.05, 3.63) is 41.8 Å². The average molecular weight is 361 g/mol. The molecule has 1 fully saturated rings. The predicted molar refractivity (Wildman–Crippen MR) is 86.5 cm³/mol. The van der Waals surface area contributed by atoms with Gasteiger partial charge in [0.05, 0.1) is 23.5 Å². The quantitative estimate of drug-likeness (QED) is 0.665. The largest absolute Gasteiger partial charge is 0.415 e. The van der Waals surface area contributed by atoms with Gasteiger partial charge < -0.3 is 9.32 Å². The highest BCUT2D eigenvalue weighted by molar-refractivity contribution is 5.50. The molecule has 0 bridgehead atoms. The highest BCUT2D eigenvalue weighted by atomic mass is 19.3. The van der Waals surface area contributed by atoms with Gasteiger partial charge in [-0.3, -0.25) is 4.98 Å². The third-order valence-electron chi connectivity index (χ3n) is 4.40. The number of aromatic nitrogens is 6. The van der Waals surface area contributed by atoms with Gasteiger partial charge in [-0.1, -0.05) is 12.1 Å². The summed E-state index contributed by atoms with van der Waals surface area (Å²) in [5.74, 6) is -0.231. The van der Waals surface area contributed by atoms with Crippen LogP contribution in [0.25, 0.3) is 11.5 Å². The number of rotatable bonds is 6. The summed E-state index contributed by atoms with van der Waals surface area (Å²) in [4.78, 5) is 6.65. The zero-order chi connectivity index (χ0) is 18.1. The highest BCUT2D eigenvalue weighted by Crippen LogP contribution is 2.25. The van der Waals surface area contributed by atoms with Gasteiger partial charge in [0.2, 0.25) is 5.89 Å². The maximum atomic E-state index is 12.5. The van der Waals surface area contributed by atoms with Crippen molar-refractivity contribution in [3.63, 3.8) is 0 Å². The minimum Gasteiger partial charge on any atom is -0.415 e. The van der Waals surface area contributed by atoms with Crippen LogP contribution in [0.2, 0.25) is 0 Å². The van der Waals surface area contributed by atoms with Crippen LogP contribution in [-0.4, -0.2) is 54.7 Å². The summed E-state index contributed by atoms with van der Waals surface area (Å²) in [6, 6.07) is 3.47. The molecule has 1 saturated heterocycles. The topological polar surface area (TPSA) is 85.8 Å². The van der Waals surface area contributed by atoms with Crippen LogP contribution in [0.5, 0.6) is 0 Å². The van der Waals surface area contributed by atoms with Crippen molar-refractivity contribution in [2.45, 2.75) is 25.8 Å². The Labute approximate surface area is 147 Å². The first-order valence-electron chi connectivity index (χ1n) is 8.31. The van der Waals surface area contributed by atoms with Gasteiger partial charge in [0.25, 0.3) is 5.89 Å². The van der Waals surface area contributed by atoms with E-state index in [0.717, 1.165) is 31.0 Å². The third-order valence-corrected chi connectivity index (χ3v) is 4.40. The summed E-state index contributed by atoms with van der Waals surface area (Å²) in [6.45, 7) is 5.72. The van der Waals surface area contributed by atoms with Crippen molar-refractivity contribution < 1.29 is 13.2 Å². The monoisotopic (exact) mass is 361 g/mol. The van der Waals surface area contributed by atoms with Gasteiger partial charge in [-0.25, -0.2) is 4.68 Å². The molecule has 0 amide bonds. The van der Waals surface area contributed by atoms with E-state index in [2.05, 4.69) is 37.3 Å². The van der Waals surface area contributed by atoms with Gasteiger partial charge in [0.15, 0.2) is 0 Å². The molecule has 0 aliphatic carbocycles. The number of halogens is 2. The molecular formula is C16H17F2N7O. The fraction of sp³-hybridized carbons (Fsp3) is 0.438. The van der Waals surface area contributed by atoms with E-state index in [-0.39, 0.29) is 5.89 Å². The molecule has 0 atom stereocenters. The first-order valence-corrected chi connectivity index (χ1v) is 8.31. The molecule has 10 heteroatoms. The van der Waals surface area contributed by atoms with E-state index in [4.69, 9.17) is 4.42 Å². The molecule has 1 aliphatic heterocycles. The normalized spacial score (nSPS) is 15.5. The van der Waals surface area contributed by atoms with E-state index in [9.17, 15) is 8.78 Å². The average Bonchev–Trinajstić information content (AvgIpc) is 3.25. The van der Waals surface area contributed by atoms with Crippen LogP contribution in [0.4, 0.5) is 8.78 Å². The molecule has 0 saturated carbocycles. The molecule has 0 spiro atoms. The van der Waals surface area contributed by atoms with Crippen LogP contribution in [0.1, 0.15) is 36.5 Å². The van der Waals surface area contributed by atoms with Gasteiger partial charge >= 0.3 is 6.43 Å². The molecule has 0 radical (unpaired) electrons. The summed E-state index contributed by atoms with van der Waals surface area (Å²) in [5, 5.41) is 15.3. The fourth-order valence-electron chi connectivity index (χ4n) is 2.84. The minimum atomic E-state index is -2.79. The molecule has 1 aliphatic rings. The zero-order valence-corrected chi connectivity index (χ0v) is 14.1. The Kier molecular flexibility index (Phi) is 4.41. The predicted octanol–water partition coefficient (Wildman–Crippen LogP) is 2.13. The van der Waals surface area contributed by atoms with Gasteiger partial charge in [-0.05, 0) is 18.7 Å². The van der Waals surface area contributed by atoms with Gasteiger partial charge in [-0.15, -0.1) is 15.3 Å². The van der Waals surface area contributed by atoms with Gasteiger partial charge in [0, 0.05) is 31.4 Å². The first-order chi connectivity index (χ1) is 12.6. The summed E-state index contributed by atoms with van der Waals surface area (Å²) >= 11 is 0. The summed E-state index contributed by atoms with van der Waals surface area (Å²) in [7, 11) is 0. The van der Waals surface area contributed by atoms with Crippen LogP contribution in [-0.2, 0) is 6.54 Å². The second-order valence-electron chi connectivity index (χ2n) is 6.17. The summed E-state index contributed by atoms with van der Waals surface area (Å²) in [6.07, 6.45) is 0.673. The molecule has 4 heterocycles. The Bertz CT molecular complexity index is 871. The van der Waals surface area contributed by atoms with E-state index in [1.807, 2.05) is 6.20 Å². The second-order valence-corrected chi connectivity index (χ2v) is 6.17. The molecule has 136 valence electrons. The second kappa shape index (κ2) is 6.87. The number of hydrogen-bond acceptors (Lipinski definition) is 7. The molecule has 8 nitrogen and oxygen atoms in total.